The Labute approximate surface area is 82.1 Å². The summed E-state index contributed by atoms with van der Waals surface area (Å²) in [6, 6.07) is 6.15. The van der Waals surface area contributed by atoms with Crippen LogP contribution in [0.1, 0.15) is 0 Å². The van der Waals surface area contributed by atoms with Gasteiger partial charge in [-0.05, 0) is 12.1 Å². The van der Waals surface area contributed by atoms with Gasteiger partial charge in [0.1, 0.15) is 0 Å². The average Bonchev–Trinajstić information content (AvgIpc) is 2.22. The second kappa shape index (κ2) is 6.54. The molecule has 0 aliphatic rings. The number of benzene rings is 1. The molecule has 0 spiro atoms. The van der Waals surface area contributed by atoms with Crippen LogP contribution in [0, 0.1) is 0 Å². The number of carbonyl (C=O) groups is 1. The highest BCUT2D eigenvalue weighted by molar-refractivity contribution is 5.80. The molecule has 0 saturated carbocycles. The minimum Gasteiger partial charge on any atom is -0.504 e. The minimum absolute atomic E-state index is 0.0764. The third-order valence-electron chi connectivity index (χ3n) is 1.25. The summed E-state index contributed by atoms with van der Waals surface area (Å²) in [5.41, 5.74) is 0. The predicted molar refractivity (Wildman–Crippen MR) is 52.0 cm³/mol. The molecule has 0 unspecified atom stereocenters. The van der Waals surface area contributed by atoms with Crippen LogP contribution in [0.4, 0.5) is 0 Å². The first kappa shape index (κ1) is 12.0. The van der Waals surface area contributed by atoms with Crippen molar-refractivity contribution in [2.45, 2.75) is 0 Å². The molecular formula is C10H12O4. The van der Waals surface area contributed by atoms with Crippen LogP contribution in [0.5, 0.6) is 11.5 Å². The van der Waals surface area contributed by atoms with Crippen molar-refractivity contribution in [3.63, 3.8) is 0 Å². The lowest BCUT2D eigenvalue weighted by molar-refractivity contribution is -0.134. The van der Waals surface area contributed by atoms with Gasteiger partial charge in [0.15, 0.2) is 11.5 Å². The molecule has 0 saturated heterocycles. The monoisotopic (exact) mass is 196 g/mol. The summed E-state index contributed by atoms with van der Waals surface area (Å²) >= 11 is 0. The third kappa shape index (κ3) is 4.82. The standard InChI is InChI=1S/C6H6O2.C4H6O2/c7-5-3-1-2-4-6(5)8;1-3-4(5)6-2/h1-4,7-8H;3H,1H2,2H3. The molecule has 0 atom stereocenters. The van der Waals surface area contributed by atoms with Gasteiger partial charge >= 0.3 is 5.97 Å². The lowest BCUT2D eigenvalue weighted by atomic mass is 10.3. The van der Waals surface area contributed by atoms with Crippen LogP contribution < -0.4 is 0 Å². The van der Waals surface area contributed by atoms with E-state index in [0.29, 0.717) is 0 Å². The highest BCUT2D eigenvalue weighted by atomic mass is 16.5. The van der Waals surface area contributed by atoms with Crippen molar-refractivity contribution in [2.24, 2.45) is 0 Å². The summed E-state index contributed by atoms with van der Waals surface area (Å²) in [7, 11) is 1.31. The number of methoxy groups -OCH3 is 1. The van der Waals surface area contributed by atoms with Crippen molar-refractivity contribution in [1.82, 2.24) is 0 Å². The molecule has 0 aliphatic carbocycles. The molecule has 2 N–H and O–H groups in total. The summed E-state index contributed by atoms with van der Waals surface area (Å²) < 4.78 is 4.14. The van der Waals surface area contributed by atoms with Gasteiger partial charge in [0.05, 0.1) is 7.11 Å². The third-order valence-corrected chi connectivity index (χ3v) is 1.25. The van der Waals surface area contributed by atoms with Gasteiger partial charge in [-0.2, -0.15) is 0 Å². The quantitative estimate of drug-likeness (QED) is 0.405. The number of esters is 1. The fourth-order valence-electron chi connectivity index (χ4n) is 0.547. The second-order valence-electron chi connectivity index (χ2n) is 2.22. The Morgan fingerprint density at radius 1 is 1.36 bits per heavy atom. The number of phenols is 2. The van der Waals surface area contributed by atoms with Crippen LogP contribution in [-0.2, 0) is 9.53 Å². The molecule has 0 heterocycles. The number of hydrogen-bond acceptors (Lipinski definition) is 4. The molecule has 1 rings (SSSR count). The van der Waals surface area contributed by atoms with Gasteiger partial charge in [-0.3, -0.25) is 0 Å². The van der Waals surface area contributed by atoms with Crippen molar-refractivity contribution in [1.29, 1.82) is 0 Å². The first-order valence-corrected chi connectivity index (χ1v) is 3.79. The van der Waals surface area contributed by atoms with Crippen molar-refractivity contribution in [2.75, 3.05) is 7.11 Å². The predicted octanol–water partition coefficient (Wildman–Crippen LogP) is 1.44. The van der Waals surface area contributed by atoms with Gasteiger partial charge in [0, 0.05) is 6.08 Å². The highest BCUT2D eigenvalue weighted by Gasteiger charge is 1.90. The maximum absolute atomic E-state index is 9.84. The SMILES string of the molecule is C=CC(=O)OC.Oc1ccccc1O. The van der Waals surface area contributed by atoms with E-state index in [0.717, 1.165) is 6.08 Å². The maximum atomic E-state index is 9.84. The fourth-order valence-corrected chi connectivity index (χ4v) is 0.547. The second-order valence-corrected chi connectivity index (χ2v) is 2.22. The number of phenolic OH excluding ortho intramolecular Hbond substituents is 2. The van der Waals surface area contributed by atoms with Crippen LogP contribution >= 0.6 is 0 Å². The Hall–Kier alpha value is -1.97. The Bertz CT molecular complexity index is 286. The molecule has 0 aliphatic heterocycles. The molecule has 76 valence electrons. The van der Waals surface area contributed by atoms with Crippen molar-refractivity contribution < 1.29 is 19.7 Å². The molecule has 14 heavy (non-hydrogen) atoms. The maximum Gasteiger partial charge on any atom is 0.329 e. The summed E-state index contributed by atoms with van der Waals surface area (Å²) in [4.78, 5) is 9.84. The number of aromatic hydroxyl groups is 2. The lowest BCUT2D eigenvalue weighted by Gasteiger charge is -1.91. The van der Waals surface area contributed by atoms with E-state index in [1.54, 1.807) is 12.1 Å². The lowest BCUT2D eigenvalue weighted by Crippen LogP contribution is -1.91. The van der Waals surface area contributed by atoms with Crippen LogP contribution in [-0.4, -0.2) is 23.3 Å². The Morgan fingerprint density at radius 3 is 1.93 bits per heavy atom. The Morgan fingerprint density at radius 2 is 1.79 bits per heavy atom. The number of ether oxygens (including phenoxy) is 1. The van der Waals surface area contributed by atoms with Crippen LogP contribution in [0.25, 0.3) is 0 Å². The zero-order valence-electron chi connectivity index (χ0n) is 7.80. The zero-order chi connectivity index (χ0) is 11.0. The van der Waals surface area contributed by atoms with Crippen LogP contribution in [0.2, 0.25) is 0 Å². The minimum atomic E-state index is -0.394. The first-order chi connectivity index (χ1) is 6.61. The zero-order valence-corrected chi connectivity index (χ0v) is 7.80. The summed E-state index contributed by atoms with van der Waals surface area (Å²) in [6.45, 7) is 3.16. The summed E-state index contributed by atoms with van der Waals surface area (Å²) in [5.74, 6) is -0.546. The van der Waals surface area contributed by atoms with E-state index >= 15 is 0 Å². The van der Waals surface area contributed by atoms with Crippen molar-refractivity contribution in [3.8, 4) is 11.5 Å². The molecule has 4 nitrogen and oxygen atoms in total. The first-order valence-electron chi connectivity index (χ1n) is 3.79. The van der Waals surface area contributed by atoms with E-state index in [1.807, 2.05) is 0 Å². The van der Waals surface area contributed by atoms with Gasteiger partial charge in [-0.25, -0.2) is 4.79 Å². The molecule has 0 bridgehead atoms. The molecule has 4 heteroatoms. The fraction of sp³-hybridized carbons (Fsp3) is 0.100. The topological polar surface area (TPSA) is 66.8 Å². The van der Waals surface area contributed by atoms with Crippen molar-refractivity contribution in [3.05, 3.63) is 36.9 Å². The van der Waals surface area contributed by atoms with Gasteiger partial charge in [0.25, 0.3) is 0 Å². The molecule has 0 amide bonds. The van der Waals surface area contributed by atoms with Crippen LogP contribution in [0.3, 0.4) is 0 Å². The van der Waals surface area contributed by atoms with Gasteiger partial charge in [0.2, 0.25) is 0 Å². The number of hydrogen-bond donors (Lipinski definition) is 2. The number of para-hydroxylation sites is 2. The van der Waals surface area contributed by atoms with E-state index < -0.39 is 5.97 Å². The Balaban J connectivity index is 0.000000255. The normalized spacial score (nSPS) is 8.07. The van der Waals surface area contributed by atoms with Crippen molar-refractivity contribution >= 4 is 5.97 Å². The van der Waals surface area contributed by atoms with E-state index in [4.69, 9.17) is 10.2 Å². The average molecular weight is 196 g/mol. The summed E-state index contributed by atoms with van der Waals surface area (Å²) in [5, 5.41) is 17.3. The van der Waals surface area contributed by atoms with Gasteiger partial charge in [-0.15, -0.1) is 0 Å². The molecule has 0 fully saturated rings. The smallest absolute Gasteiger partial charge is 0.329 e. The molecule has 1 aromatic rings. The largest absolute Gasteiger partial charge is 0.504 e. The number of rotatable bonds is 1. The molecule has 0 aromatic heterocycles. The van der Waals surface area contributed by atoms with E-state index in [-0.39, 0.29) is 11.5 Å². The molecular weight excluding hydrogens is 184 g/mol. The molecule has 1 aromatic carbocycles. The van der Waals surface area contributed by atoms with Crippen LogP contribution in [0.15, 0.2) is 36.9 Å². The Kier molecular flexibility index (Phi) is 5.62. The number of carbonyl (C=O) groups excluding carboxylic acids is 1. The van der Waals surface area contributed by atoms with E-state index in [2.05, 4.69) is 11.3 Å². The molecule has 0 radical (unpaired) electrons. The van der Waals surface area contributed by atoms with Gasteiger partial charge < -0.3 is 14.9 Å². The van der Waals surface area contributed by atoms with Gasteiger partial charge in [-0.1, -0.05) is 18.7 Å². The highest BCUT2D eigenvalue weighted by Crippen LogP contribution is 2.21. The van der Waals surface area contributed by atoms with E-state index in [1.165, 1.54) is 19.2 Å². The summed E-state index contributed by atoms with van der Waals surface area (Å²) in [6.07, 6.45) is 1.11. The van der Waals surface area contributed by atoms with E-state index in [9.17, 15) is 4.79 Å².